The van der Waals surface area contributed by atoms with Crippen molar-refractivity contribution in [2.45, 2.75) is 20.3 Å². The summed E-state index contributed by atoms with van der Waals surface area (Å²) in [4.78, 5) is 14.7. The van der Waals surface area contributed by atoms with Gasteiger partial charge in [0.15, 0.2) is 0 Å². The molecule has 0 spiro atoms. The number of aromatic nitrogens is 6. The molecule has 634 valence electrons. The molecule has 28 aromatic rings. The highest BCUT2D eigenvalue weighted by Crippen LogP contribution is 2.52. The van der Waals surface area contributed by atoms with Gasteiger partial charge in [0.05, 0.1) is 33.1 Å². The zero-order valence-electron chi connectivity index (χ0n) is 73.8. The highest BCUT2D eigenvalue weighted by atomic mass is 16.3. The van der Waals surface area contributed by atoms with Crippen LogP contribution in [0.2, 0.25) is 0 Å². The molecule has 0 amide bonds. The minimum Gasteiger partial charge on any atom is -0.456 e. The third-order valence-corrected chi connectivity index (χ3v) is 27.3. The number of fused-ring (bicyclic) bond motifs is 18. The SMILES string of the molecule is CCc1nc2ccccc2n1-c1ccc(-c2c3ccccc3c(-c3cccc4oc5ccccc5c34)c3ccccc23)cc1.Cc1nc2ccccc2n1-c1ccc(-c2c3ccccc3c(-c3cccc4oc5ccccc5c34)c3ccccc23)cc1.c1ccc(-c2nc3ccccc3n2-c2ccc(-c3c4ccccc4c(-c4cccc5oc6ccccc6c45)c4ccccc34)cc2)cc1. The van der Waals surface area contributed by atoms with Crippen LogP contribution in [0.25, 0.3) is 259 Å². The molecule has 0 atom stereocenters. The quantitative estimate of drug-likeness (QED) is 0.120. The summed E-state index contributed by atoms with van der Waals surface area (Å²) >= 11 is 0. The lowest BCUT2D eigenvalue weighted by atomic mass is 9.85. The van der Waals surface area contributed by atoms with Crippen LogP contribution in [0.15, 0.2) is 462 Å². The molecule has 0 saturated carbocycles. The molecular weight excluding hydrogens is 1650 g/mol. The first kappa shape index (κ1) is 78.3. The highest BCUT2D eigenvalue weighted by molar-refractivity contribution is 6.29. The van der Waals surface area contributed by atoms with Crippen LogP contribution in [0.5, 0.6) is 0 Å². The maximum atomic E-state index is 6.33. The number of para-hydroxylation sites is 9. The van der Waals surface area contributed by atoms with E-state index in [1.165, 1.54) is 131 Å². The van der Waals surface area contributed by atoms with Crippen LogP contribution >= 0.6 is 0 Å². The summed E-state index contributed by atoms with van der Waals surface area (Å²) in [6, 6.07) is 160. The summed E-state index contributed by atoms with van der Waals surface area (Å²) in [6.45, 7) is 4.23. The molecular formula is C126H82N6O3. The summed E-state index contributed by atoms with van der Waals surface area (Å²) in [5.41, 5.74) is 30.8. The Morgan fingerprint density at radius 1 is 0.200 bits per heavy atom. The van der Waals surface area contributed by atoms with E-state index >= 15 is 0 Å². The van der Waals surface area contributed by atoms with Crippen molar-refractivity contribution in [1.82, 2.24) is 28.7 Å². The molecule has 0 N–H and O–H groups in total. The number of aryl methyl sites for hydroxylation is 2. The van der Waals surface area contributed by atoms with E-state index in [9.17, 15) is 0 Å². The first-order chi connectivity index (χ1) is 66.9. The second-order valence-electron chi connectivity index (χ2n) is 34.8. The second kappa shape index (κ2) is 32.1. The Morgan fingerprint density at radius 3 is 0.807 bits per heavy atom. The number of rotatable bonds is 11. The minimum atomic E-state index is 0.867. The van der Waals surface area contributed by atoms with Gasteiger partial charge in [-0.3, -0.25) is 13.7 Å². The van der Waals surface area contributed by atoms with Gasteiger partial charge in [0, 0.05) is 61.4 Å². The van der Waals surface area contributed by atoms with Crippen LogP contribution in [0.3, 0.4) is 0 Å². The van der Waals surface area contributed by atoms with Crippen molar-refractivity contribution < 1.29 is 13.3 Å². The first-order valence-electron chi connectivity index (χ1n) is 46.2. The monoisotopic (exact) mass is 1730 g/mol. The summed E-state index contributed by atoms with van der Waals surface area (Å²) in [7, 11) is 0. The minimum absolute atomic E-state index is 0.867. The molecule has 135 heavy (non-hydrogen) atoms. The van der Waals surface area contributed by atoms with Crippen molar-refractivity contribution in [1.29, 1.82) is 0 Å². The lowest BCUT2D eigenvalue weighted by molar-refractivity contribution is 0.668. The molecule has 0 aliphatic rings. The fourth-order valence-corrected chi connectivity index (χ4v) is 21.6. The molecule has 22 aromatic carbocycles. The Kier molecular flexibility index (Phi) is 18.6. The van der Waals surface area contributed by atoms with Crippen LogP contribution < -0.4 is 0 Å². The third kappa shape index (κ3) is 12.8. The lowest BCUT2D eigenvalue weighted by Gasteiger charge is -2.18. The maximum Gasteiger partial charge on any atom is 0.145 e. The summed E-state index contributed by atoms with van der Waals surface area (Å²) in [5.74, 6) is 2.99. The molecule has 0 fully saturated rings. The Morgan fingerprint density at radius 2 is 0.459 bits per heavy atom. The van der Waals surface area contributed by atoms with Crippen LogP contribution in [0.4, 0.5) is 0 Å². The zero-order valence-corrected chi connectivity index (χ0v) is 73.8. The molecule has 0 aliphatic carbocycles. The molecule has 0 radical (unpaired) electrons. The van der Waals surface area contributed by atoms with Crippen molar-refractivity contribution in [2.24, 2.45) is 0 Å². The van der Waals surface area contributed by atoms with Crippen molar-refractivity contribution in [3.8, 4) is 95.2 Å². The topological polar surface area (TPSA) is 92.9 Å². The predicted octanol–water partition coefficient (Wildman–Crippen LogP) is 34.2. The van der Waals surface area contributed by atoms with Gasteiger partial charge in [-0.15, -0.1) is 0 Å². The summed E-state index contributed by atoms with van der Waals surface area (Å²) < 4.78 is 25.7. The predicted molar refractivity (Wildman–Crippen MR) is 562 cm³/mol. The van der Waals surface area contributed by atoms with E-state index in [1.54, 1.807) is 0 Å². The number of imidazole rings is 3. The van der Waals surface area contributed by atoms with Gasteiger partial charge >= 0.3 is 0 Å². The van der Waals surface area contributed by atoms with E-state index in [4.69, 9.17) is 28.2 Å². The van der Waals surface area contributed by atoms with Crippen LogP contribution in [-0.4, -0.2) is 28.7 Å². The van der Waals surface area contributed by atoms with Gasteiger partial charge in [-0.05, 0) is 248 Å². The van der Waals surface area contributed by atoms with Gasteiger partial charge in [0.25, 0.3) is 0 Å². The van der Waals surface area contributed by atoms with Gasteiger partial charge in [0.1, 0.15) is 51.0 Å². The van der Waals surface area contributed by atoms with Crippen LogP contribution in [0.1, 0.15) is 18.6 Å². The molecule has 0 unspecified atom stereocenters. The van der Waals surface area contributed by atoms with Gasteiger partial charge < -0.3 is 13.3 Å². The molecule has 6 aromatic heterocycles. The number of hydrogen-bond acceptors (Lipinski definition) is 6. The first-order valence-corrected chi connectivity index (χ1v) is 46.2. The van der Waals surface area contributed by atoms with Crippen LogP contribution in [-0.2, 0) is 6.42 Å². The number of benzene rings is 22. The third-order valence-electron chi connectivity index (χ3n) is 27.3. The van der Waals surface area contributed by atoms with Gasteiger partial charge in [0.2, 0.25) is 0 Å². The van der Waals surface area contributed by atoms with E-state index in [2.05, 4.69) is 440 Å². The molecule has 9 nitrogen and oxygen atoms in total. The lowest BCUT2D eigenvalue weighted by Crippen LogP contribution is -2.00. The smallest absolute Gasteiger partial charge is 0.145 e. The van der Waals surface area contributed by atoms with Crippen molar-refractivity contribution >= 4 is 164 Å². The second-order valence-corrected chi connectivity index (χ2v) is 34.8. The summed E-state index contributed by atoms with van der Waals surface area (Å²) in [5, 5.41) is 21.7. The average Bonchev–Trinajstić information content (AvgIpc) is 1.70. The number of hydrogen-bond donors (Lipinski definition) is 0. The Hall–Kier alpha value is -17.8. The van der Waals surface area contributed by atoms with Gasteiger partial charge in [-0.2, -0.15) is 0 Å². The molecule has 9 heteroatoms. The van der Waals surface area contributed by atoms with Gasteiger partial charge in [-0.1, -0.05) is 347 Å². The standard InChI is InChI=1S/C45H28N2O.C41H28N2O.C40H26N2O/c1-2-13-30(14-3-1)45-46-38-21-9-10-22-39(38)47(45)31-27-25-29(26-28-31)42-32-15-4-6-17-34(32)43(35-18-7-5-16-33(35)42)37-20-12-24-41-44(37)36-19-8-11-23-40(36)48-41;1-2-38-42-34-18-8-9-19-35(34)43(38)27-24-22-26(23-25-27)39-28-12-3-5-14-30(28)40(31-15-6-4-13-29(31)39)33-17-11-21-37-41(33)32-16-7-10-20-36(32)44-37;1-25-41-34-17-7-8-18-35(34)42(25)27-23-21-26(22-24-27)38-28-11-2-4-13-30(28)39(31-14-5-3-12-29(31)38)33-16-10-20-37-40(33)32-15-6-9-19-36(32)43-37/h1-28H;3-25H,2H2,1H3;2-24H,1H3. The molecule has 6 heterocycles. The fourth-order valence-electron chi connectivity index (χ4n) is 21.6. The van der Waals surface area contributed by atoms with Crippen molar-refractivity contribution in [3.63, 3.8) is 0 Å². The zero-order chi connectivity index (χ0) is 89.3. The number of furan rings is 3. The van der Waals surface area contributed by atoms with Gasteiger partial charge in [-0.25, -0.2) is 15.0 Å². The van der Waals surface area contributed by atoms with E-state index in [0.717, 1.165) is 145 Å². The molecule has 0 aliphatic heterocycles. The average molecular weight is 1730 g/mol. The number of nitrogens with zero attached hydrogens (tertiary/aromatic N) is 6. The van der Waals surface area contributed by atoms with Crippen LogP contribution in [0, 0.1) is 6.92 Å². The Labute approximate surface area is 776 Å². The fraction of sp³-hybridized carbons (Fsp3) is 0.0238. The van der Waals surface area contributed by atoms with E-state index in [1.807, 2.05) is 36.4 Å². The molecule has 0 saturated heterocycles. The van der Waals surface area contributed by atoms with E-state index < -0.39 is 0 Å². The molecule has 28 rings (SSSR count). The van der Waals surface area contributed by atoms with E-state index in [0.29, 0.717) is 0 Å². The Balaban J connectivity index is 0.000000106. The largest absolute Gasteiger partial charge is 0.456 e. The van der Waals surface area contributed by atoms with Crippen molar-refractivity contribution in [2.75, 3.05) is 0 Å². The Bertz CT molecular complexity index is 9450. The van der Waals surface area contributed by atoms with E-state index in [-0.39, 0.29) is 0 Å². The normalized spacial score (nSPS) is 11.8. The highest BCUT2D eigenvalue weighted by Gasteiger charge is 2.27. The maximum absolute atomic E-state index is 6.33. The van der Waals surface area contributed by atoms with Crippen molar-refractivity contribution in [3.05, 3.63) is 461 Å². The molecule has 0 bridgehead atoms. The summed E-state index contributed by atoms with van der Waals surface area (Å²) in [6.07, 6.45) is 0.867.